The number of hydrogen-bond acceptors (Lipinski definition) is 4. The lowest BCUT2D eigenvalue weighted by Gasteiger charge is -2.16. The molecule has 1 unspecified atom stereocenters. The van der Waals surface area contributed by atoms with E-state index < -0.39 is 12.0 Å². The van der Waals surface area contributed by atoms with E-state index >= 15 is 0 Å². The fraction of sp³-hybridized carbons (Fsp3) is 0.500. The lowest BCUT2D eigenvalue weighted by Crippen LogP contribution is -2.43. The van der Waals surface area contributed by atoms with Gasteiger partial charge in [0.2, 0.25) is 5.91 Å². The highest BCUT2D eigenvalue weighted by atomic mass is 16.5. The number of nitrogens with zero attached hydrogens (tertiary/aromatic N) is 1. The number of amides is 1. The Labute approximate surface area is 117 Å². The first-order chi connectivity index (χ1) is 9.69. The maximum atomic E-state index is 12.0. The fourth-order valence-corrected chi connectivity index (χ4v) is 2.31. The standard InChI is InChI=1S/C14H19N3O3/c1-20-14(19)12(7-11-8-15-9-16-11)17-13(18)6-10-4-2-3-5-10/h2,4,8-10,12H,3,5-7H2,1H3,(H,15,16)(H,17,18)/t10?,12-/m0/s1. The second-order valence-electron chi connectivity index (χ2n) is 4.89. The Morgan fingerprint density at radius 3 is 3.05 bits per heavy atom. The number of H-pyrrole nitrogens is 1. The van der Waals surface area contributed by atoms with E-state index in [0.717, 1.165) is 18.5 Å². The highest BCUT2D eigenvalue weighted by Gasteiger charge is 2.24. The van der Waals surface area contributed by atoms with E-state index in [0.29, 0.717) is 12.8 Å². The van der Waals surface area contributed by atoms with Crippen molar-refractivity contribution in [3.63, 3.8) is 0 Å². The minimum atomic E-state index is -0.682. The van der Waals surface area contributed by atoms with Crippen molar-refractivity contribution in [3.8, 4) is 0 Å². The van der Waals surface area contributed by atoms with Gasteiger partial charge in [-0.05, 0) is 18.8 Å². The van der Waals surface area contributed by atoms with Gasteiger partial charge in [-0.25, -0.2) is 9.78 Å². The molecule has 1 aliphatic carbocycles. The van der Waals surface area contributed by atoms with Crippen molar-refractivity contribution >= 4 is 11.9 Å². The number of aromatic amines is 1. The summed E-state index contributed by atoms with van der Waals surface area (Å²) < 4.78 is 4.73. The SMILES string of the molecule is COC(=O)[C@H](Cc1cnc[nH]1)NC(=O)CC1C=CCC1. The Kier molecular flexibility index (Phi) is 4.92. The van der Waals surface area contributed by atoms with Gasteiger partial charge in [-0.2, -0.15) is 0 Å². The summed E-state index contributed by atoms with van der Waals surface area (Å²) >= 11 is 0. The van der Waals surface area contributed by atoms with E-state index in [2.05, 4.69) is 27.4 Å². The third-order valence-corrected chi connectivity index (χ3v) is 3.36. The molecule has 0 saturated carbocycles. The summed E-state index contributed by atoms with van der Waals surface area (Å²) in [5.74, 6) is -0.299. The zero-order chi connectivity index (χ0) is 14.4. The molecule has 1 aliphatic rings. The maximum Gasteiger partial charge on any atom is 0.328 e. The lowest BCUT2D eigenvalue weighted by molar-refractivity contribution is -0.145. The number of hydrogen-bond donors (Lipinski definition) is 2. The summed E-state index contributed by atoms with van der Waals surface area (Å²) in [4.78, 5) is 30.5. The smallest absolute Gasteiger partial charge is 0.328 e. The Balaban J connectivity index is 1.90. The Bertz CT molecular complexity index is 482. The van der Waals surface area contributed by atoms with Crippen LogP contribution >= 0.6 is 0 Å². The lowest BCUT2D eigenvalue weighted by atomic mass is 10.0. The van der Waals surface area contributed by atoms with Crippen LogP contribution in [0.25, 0.3) is 0 Å². The van der Waals surface area contributed by atoms with Gasteiger partial charge < -0.3 is 15.0 Å². The predicted octanol–water partition coefficient (Wildman–Crippen LogP) is 0.966. The first-order valence-electron chi connectivity index (χ1n) is 6.70. The van der Waals surface area contributed by atoms with E-state index in [4.69, 9.17) is 4.74 Å². The molecule has 6 nitrogen and oxygen atoms in total. The van der Waals surface area contributed by atoms with Crippen molar-refractivity contribution in [2.45, 2.75) is 31.7 Å². The first-order valence-corrected chi connectivity index (χ1v) is 6.70. The molecule has 1 aromatic rings. The summed E-state index contributed by atoms with van der Waals surface area (Å²) in [5.41, 5.74) is 0.779. The van der Waals surface area contributed by atoms with Gasteiger partial charge in [0, 0.05) is 24.7 Å². The molecular weight excluding hydrogens is 258 g/mol. The zero-order valence-electron chi connectivity index (χ0n) is 11.5. The van der Waals surface area contributed by atoms with Gasteiger partial charge in [0.15, 0.2) is 0 Å². The van der Waals surface area contributed by atoms with E-state index in [9.17, 15) is 9.59 Å². The quantitative estimate of drug-likeness (QED) is 0.599. The molecule has 20 heavy (non-hydrogen) atoms. The highest BCUT2D eigenvalue weighted by molar-refractivity contribution is 5.84. The van der Waals surface area contributed by atoms with Gasteiger partial charge in [-0.3, -0.25) is 4.79 Å². The molecule has 1 amide bonds. The molecule has 0 radical (unpaired) electrons. The van der Waals surface area contributed by atoms with Crippen LogP contribution in [-0.4, -0.2) is 35.0 Å². The van der Waals surface area contributed by atoms with E-state index in [1.165, 1.54) is 13.4 Å². The Morgan fingerprint density at radius 1 is 1.60 bits per heavy atom. The average molecular weight is 277 g/mol. The van der Waals surface area contributed by atoms with Crippen molar-refractivity contribution < 1.29 is 14.3 Å². The number of esters is 1. The van der Waals surface area contributed by atoms with Gasteiger partial charge in [-0.15, -0.1) is 0 Å². The molecule has 2 N–H and O–H groups in total. The van der Waals surface area contributed by atoms with Crippen LogP contribution in [0.4, 0.5) is 0 Å². The highest BCUT2D eigenvalue weighted by Crippen LogP contribution is 2.20. The van der Waals surface area contributed by atoms with Crippen LogP contribution in [-0.2, 0) is 20.7 Å². The fourth-order valence-electron chi connectivity index (χ4n) is 2.31. The minimum absolute atomic E-state index is 0.128. The normalized spacial score (nSPS) is 18.8. The van der Waals surface area contributed by atoms with Gasteiger partial charge in [-0.1, -0.05) is 12.2 Å². The monoisotopic (exact) mass is 277 g/mol. The minimum Gasteiger partial charge on any atom is -0.467 e. The zero-order valence-corrected chi connectivity index (χ0v) is 11.5. The predicted molar refractivity (Wildman–Crippen MR) is 72.7 cm³/mol. The first kappa shape index (κ1) is 14.3. The number of allylic oxidation sites excluding steroid dienone is 2. The number of rotatable bonds is 6. The summed E-state index contributed by atoms with van der Waals surface area (Å²) in [6.07, 6.45) is 10.1. The molecular formula is C14H19N3O3. The molecule has 0 aliphatic heterocycles. The van der Waals surface area contributed by atoms with E-state index in [1.54, 1.807) is 6.20 Å². The van der Waals surface area contributed by atoms with Gasteiger partial charge >= 0.3 is 5.97 Å². The summed E-state index contributed by atoms with van der Waals surface area (Å²) in [6, 6.07) is -0.682. The molecule has 0 saturated heterocycles. The van der Waals surface area contributed by atoms with Crippen LogP contribution in [0.15, 0.2) is 24.7 Å². The number of carbonyl (C=O) groups is 2. The number of imidazole rings is 1. The maximum absolute atomic E-state index is 12.0. The number of ether oxygens (including phenoxy) is 1. The molecule has 1 aromatic heterocycles. The second kappa shape index (κ2) is 6.88. The van der Waals surface area contributed by atoms with Gasteiger partial charge in [0.05, 0.1) is 13.4 Å². The molecule has 2 atom stereocenters. The average Bonchev–Trinajstić information content (AvgIpc) is 3.10. The third-order valence-electron chi connectivity index (χ3n) is 3.36. The molecule has 0 spiro atoms. The van der Waals surface area contributed by atoms with Gasteiger partial charge in [0.1, 0.15) is 6.04 Å². The van der Waals surface area contributed by atoms with Crippen LogP contribution in [0.5, 0.6) is 0 Å². The van der Waals surface area contributed by atoms with Crippen LogP contribution in [0.2, 0.25) is 0 Å². The molecule has 108 valence electrons. The number of aromatic nitrogens is 2. The second-order valence-corrected chi connectivity index (χ2v) is 4.89. The van der Waals surface area contributed by atoms with Crippen molar-refractivity contribution in [3.05, 3.63) is 30.4 Å². The van der Waals surface area contributed by atoms with Crippen molar-refractivity contribution in [1.82, 2.24) is 15.3 Å². The van der Waals surface area contributed by atoms with Crippen LogP contribution in [0, 0.1) is 5.92 Å². The van der Waals surface area contributed by atoms with Crippen LogP contribution in [0.1, 0.15) is 25.0 Å². The molecule has 0 bridgehead atoms. The Morgan fingerprint density at radius 2 is 2.45 bits per heavy atom. The summed E-state index contributed by atoms with van der Waals surface area (Å²) in [5, 5.41) is 2.74. The van der Waals surface area contributed by atoms with E-state index in [-0.39, 0.29) is 11.8 Å². The Hall–Kier alpha value is -2.11. The molecule has 2 rings (SSSR count). The van der Waals surface area contributed by atoms with Crippen molar-refractivity contribution in [2.75, 3.05) is 7.11 Å². The van der Waals surface area contributed by atoms with Gasteiger partial charge in [0.25, 0.3) is 0 Å². The number of carbonyl (C=O) groups excluding carboxylic acids is 2. The number of methoxy groups -OCH3 is 1. The summed E-state index contributed by atoms with van der Waals surface area (Å²) in [6.45, 7) is 0. The van der Waals surface area contributed by atoms with Crippen LogP contribution in [0.3, 0.4) is 0 Å². The van der Waals surface area contributed by atoms with Crippen LogP contribution < -0.4 is 5.32 Å². The van der Waals surface area contributed by atoms with E-state index in [1.807, 2.05) is 0 Å². The molecule has 0 fully saturated rings. The van der Waals surface area contributed by atoms with Crippen molar-refractivity contribution in [2.24, 2.45) is 5.92 Å². The molecule has 6 heteroatoms. The summed E-state index contributed by atoms with van der Waals surface area (Å²) in [7, 11) is 1.31. The number of nitrogens with one attached hydrogen (secondary N) is 2. The molecule has 1 heterocycles. The topological polar surface area (TPSA) is 84.1 Å². The third kappa shape index (κ3) is 3.94. The van der Waals surface area contributed by atoms with Crippen molar-refractivity contribution in [1.29, 1.82) is 0 Å². The molecule has 0 aromatic carbocycles. The largest absolute Gasteiger partial charge is 0.467 e.